The van der Waals surface area contributed by atoms with E-state index in [4.69, 9.17) is 10.2 Å². The van der Waals surface area contributed by atoms with E-state index >= 15 is 0 Å². The van der Waals surface area contributed by atoms with E-state index < -0.39 is 12.0 Å². The molecule has 5 nitrogen and oxygen atoms in total. The standard InChI is InChI=1S/C22H43NO4/c1-2-3-4-5-6-7-8-9-10-11-12-13-14-15-16-17-21(25)23-20(18-19-24)22(26)27/h20,24H,2-19H2,1H3,(H,23,25)(H,26,27). The number of rotatable bonds is 20. The summed E-state index contributed by atoms with van der Waals surface area (Å²) in [7, 11) is 0. The SMILES string of the molecule is CCCCCCCCCCCCCCCCCC(=O)NC(CCO)C(=O)O. The monoisotopic (exact) mass is 385 g/mol. The third kappa shape index (κ3) is 18.0. The van der Waals surface area contributed by atoms with E-state index in [0.29, 0.717) is 6.42 Å². The van der Waals surface area contributed by atoms with Crippen LogP contribution < -0.4 is 5.32 Å². The maximum absolute atomic E-state index is 11.7. The first-order valence-electron chi connectivity index (χ1n) is 11.2. The maximum atomic E-state index is 11.7. The van der Waals surface area contributed by atoms with E-state index in [1.807, 2.05) is 0 Å². The molecule has 0 aliphatic carbocycles. The number of aliphatic hydroxyl groups is 1. The second kappa shape index (κ2) is 19.7. The quantitative estimate of drug-likeness (QED) is 0.251. The topological polar surface area (TPSA) is 86.6 Å². The number of carboxylic acids is 1. The molecule has 0 saturated heterocycles. The third-order valence-corrected chi connectivity index (χ3v) is 5.06. The Morgan fingerprint density at radius 2 is 1.15 bits per heavy atom. The fraction of sp³-hybridized carbons (Fsp3) is 0.909. The first-order valence-corrected chi connectivity index (χ1v) is 11.2. The zero-order valence-electron chi connectivity index (χ0n) is 17.5. The molecule has 0 aromatic heterocycles. The lowest BCUT2D eigenvalue weighted by Gasteiger charge is -2.12. The Kier molecular flexibility index (Phi) is 18.9. The molecule has 160 valence electrons. The smallest absolute Gasteiger partial charge is 0.326 e. The van der Waals surface area contributed by atoms with Gasteiger partial charge in [0.2, 0.25) is 5.91 Å². The first kappa shape index (κ1) is 25.9. The van der Waals surface area contributed by atoms with E-state index in [0.717, 1.165) is 19.3 Å². The molecule has 1 atom stereocenters. The Hall–Kier alpha value is -1.10. The van der Waals surface area contributed by atoms with Gasteiger partial charge in [-0.25, -0.2) is 4.79 Å². The van der Waals surface area contributed by atoms with Crippen molar-refractivity contribution in [1.29, 1.82) is 0 Å². The van der Waals surface area contributed by atoms with Gasteiger partial charge in [0.15, 0.2) is 0 Å². The Labute approximate surface area is 166 Å². The number of hydrogen-bond acceptors (Lipinski definition) is 3. The van der Waals surface area contributed by atoms with E-state index in [9.17, 15) is 9.59 Å². The van der Waals surface area contributed by atoms with Gasteiger partial charge in [0.25, 0.3) is 0 Å². The molecule has 0 heterocycles. The summed E-state index contributed by atoms with van der Waals surface area (Å²) in [5, 5.41) is 20.2. The second-order valence-corrected chi connectivity index (χ2v) is 7.67. The summed E-state index contributed by atoms with van der Waals surface area (Å²) in [6.45, 7) is 2.02. The predicted octanol–water partition coefficient (Wildman–Crippen LogP) is 5.20. The summed E-state index contributed by atoms with van der Waals surface area (Å²) in [4.78, 5) is 22.6. The molecule has 27 heavy (non-hydrogen) atoms. The van der Waals surface area contributed by atoms with Gasteiger partial charge in [0.05, 0.1) is 0 Å². The molecule has 0 aliphatic heterocycles. The van der Waals surface area contributed by atoms with Crippen molar-refractivity contribution < 1.29 is 19.8 Å². The second-order valence-electron chi connectivity index (χ2n) is 7.67. The van der Waals surface area contributed by atoms with E-state index in [1.165, 1.54) is 77.0 Å². The van der Waals surface area contributed by atoms with E-state index in [1.54, 1.807) is 0 Å². The molecule has 1 unspecified atom stereocenters. The molecule has 0 aromatic carbocycles. The van der Waals surface area contributed by atoms with Crippen molar-refractivity contribution in [2.75, 3.05) is 6.61 Å². The third-order valence-electron chi connectivity index (χ3n) is 5.06. The molecule has 1 amide bonds. The summed E-state index contributed by atoms with van der Waals surface area (Å²) < 4.78 is 0. The Morgan fingerprint density at radius 1 is 0.741 bits per heavy atom. The van der Waals surface area contributed by atoms with Crippen LogP contribution in [0.15, 0.2) is 0 Å². The molecule has 0 bridgehead atoms. The highest BCUT2D eigenvalue weighted by Crippen LogP contribution is 2.13. The number of aliphatic hydroxyl groups excluding tert-OH is 1. The minimum atomic E-state index is -1.09. The largest absolute Gasteiger partial charge is 0.480 e. The van der Waals surface area contributed by atoms with Crippen LogP contribution in [0.4, 0.5) is 0 Å². The van der Waals surface area contributed by atoms with E-state index in [2.05, 4.69) is 12.2 Å². The van der Waals surface area contributed by atoms with Gasteiger partial charge >= 0.3 is 5.97 Å². The molecule has 0 rings (SSSR count). The van der Waals surface area contributed by atoms with Gasteiger partial charge in [0.1, 0.15) is 6.04 Å². The zero-order chi connectivity index (χ0) is 20.2. The Morgan fingerprint density at radius 3 is 1.52 bits per heavy atom. The summed E-state index contributed by atoms with van der Waals surface area (Å²) in [5.74, 6) is -1.32. The molecule has 0 aromatic rings. The van der Waals surface area contributed by atoms with Gasteiger partial charge in [-0.2, -0.15) is 0 Å². The van der Waals surface area contributed by atoms with Crippen LogP contribution in [0, 0.1) is 0 Å². The van der Waals surface area contributed by atoms with Crippen LogP contribution in [-0.2, 0) is 9.59 Å². The number of unbranched alkanes of at least 4 members (excludes halogenated alkanes) is 14. The summed E-state index contributed by atoms with van der Waals surface area (Å²) in [6.07, 6.45) is 19.6. The number of carboxylic acid groups (broad SMARTS) is 1. The lowest BCUT2D eigenvalue weighted by atomic mass is 10.0. The Balaban J connectivity index is 3.33. The minimum absolute atomic E-state index is 0.0555. The molecule has 0 fully saturated rings. The Bertz CT molecular complexity index is 360. The molecule has 5 heteroatoms. The average Bonchev–Trinajstić information content (AvgIpc) is 2.64. The van der Waals surface area contributed by atoms with Crippen LogP contribution in [-0.4, -0.2) is 34.7 Å². The summed E-state index contributed by atoms with van der Waals surface area (Å²) >= 11 is 0. The van der Waals surface area contributed by atoms with Crippen LogP contribution in [0.3, 0.4) is 0 Å². The maximum Gasteiger partial charge on any atom is 0.326 e. The van der Waals surface area contributed by atoms with Crippen molar-refractivity contribution in [3.63, 3.8) is 0 Å². The summed E-state index contributed by atoms with van der Waals surface area (Å²) in [6, 6.07) is -0.973. The average molecular weight is 386 g/mol. The van der Waals surface area contributed by atoms with Crippen molar-refractivity contribution in [3.05, 3.63) is 0 Å². The fourth-order valence-corrected chi connectivity index (χ4v) is 3.31. The first-order chi connectivity index (χ1) is 13.1. The molecular formula is C22H43NO4. The van der Waals surface area contributed by atoms with Gasteiger partial charge in [0, 0.05) is 19.4 Å². The molecule has 0 aliphatic rings. The van der Waals surface area contributed by atoms with Crippen molar-refractivity contribution in [3.8, 4) is 0 Å². The highest BCUT2D eigenvalue weighted by Gasteiger charge is 2.18. The minimum Gasteiger partial charge on any atom is -0.480 e. The van der Waals surface area contributed by atoms with Gasteiger partial charge in [-0.05, 0) is 6.42 Å². The number of amides is 1. The van der Waals surface area contributed by atoms with Crippen molar-refractivity contribution in [2.24, 2.45) is 0 Å². The van der Waals surface area contributed by atoms with Crippen molar-refractivity contribution in [1.82, 2.24) is 5.32 Å². The van der Waals surface area contributed by atoms with Gasteiger partial charge in [-0.3, -0.25) is 4.79 Å². The fourth-order valence-electron chi connectivity index (χ4n) is 3.31. The van der Waals surface area contributed by atoms with E-state index in [-0.39, 0.29) is 18.9 Å². The molecule has 3 N–H and O–H groups in total. The van der Waals surface area contributed by atoms with Gasteiger partial charge in [-0.1, -0.05) is 96.8 Å². The zero-order valence-corrected chi connectivity index (χ0v) is 17.5. The summed E-state index contributed by atoms with van der Waals surface area (Å²) in [5.41, 5.74) is 0. The van der Waals surface area contributed by atoms with Gasteiger partial charge < -0.3 is 15.5 Å². The lowest BCUT2D eigenvalue weighted by Crippen LogP contribution is -2.41. The number of carbonyl (C=O) groups excluding carboxylic acids is 1. The highest BCUT2D eigenvalue weighted by atomic mass is 16.4. The van der Waals surface area contributed by atoms with Crippen molar-refractivity contribution in [2.45, 2.75) is 122 Å². The molecule has 0 radical (unpaired) electrons. The number of aliphatic carboxylic acids is 1. The van der Waals surface area contributed by atoms with Gasteiger partial charge in [-0.15, -0.1) is 0 Å². The van der Waals surface area contributed by atoms with Crippen LogP contribution >= 0.6 is 0 Å². The highest BCUT2D eigenvalue weighted by molar-refractivity contribution is 5.83. The molecule has 0 saturated carbocycles. The van der Waals surface area contributed by atoms with Crippen LogP contribution in [0.25, 0.3) is 0 Å². The van der Waals surface area contributed by atoms with Crippen LogP contribution in [0.5, 0.6) is 0 Å². The molecular weight excluding hydrogens is 342 g/mol. The number of carbonyl (C=O) groups is 2. The predicted molar refractivity (Wildman–Crippen MR) is 111 cm³/mol. The lowest BCUT2D eigenvalue weighted by molar-refractivity contribution is -0.142. The van der Waals surface area contributed by atoms with Crippen LogP contribution in [0.2, 0.25) is 0 Å². The molecule has 0 spiro atoms. The number of hydrogen-bond donors (Lipinski definition) is 3. The normalized spacial score (nSPS) is 12.1. The van der Waals surface area contributed by atoms with Crippen LogP contribution in [0.1, 0.15) is 116 Å². The number of nitrogens with one attached hydrogen (secondary N) is 1. The van der Waals surface area contributed by atoms with Crippen molar-refractivity contribution >= 4 is 11.9 Å².